The summed E-state index contributed by atoms with van der Waals surface area (Å²) in [5, 5.41) is 0.672. The van der Waals surface area contributed by atoms with Crippen LogP contribution in [-0.4, -0.2) is 5.97 Å². The van der Waals surface area contributed by atoms with Crippen LogP contribution in [0.4, 0.5) is 4.39 Å². The molecule has 1 aromatic heterocycles. The van der Waals surface area contributed by atoms with E-state index in [1.165, 1.54) is 30.3 Å². The highest BCUT2D eigenvalue weighted by Gasteiger charge is 2.14. The van der Waals surface area contributed by atoms with Gasteiger partial charge in [-0.15, -0.1) is 0 Å². The average Bonchev–Trinajstić information content (AvgIpc) is 2.53. The molecule has 0 saturated carbocycles. The van der Waals surface area contributed by atoms with E-state index in [4.69, 9.17) is 20.8 Å². The van der Waals surface area contributed by atoms with Crippen molar-refractivity contribution in [3.63, 3.8) is 0 Å². The average molecular weight is 333 g/mol. The van der Waals surface area contributed by atoms with Gasteiger partial charge in [0, 0.05) is 11.1 Å². The zero-order valence-electron chi connectivity index (χ0n) is 11.7. The number of carbonyl (C=O) groups excluding carboxylic acids is 1. The van der Waals surface area contributed by atoms with Gasteiger partial charge in [-0.05, 0) is 35.9 Å². The monoisotopic (exact) mass is 332 g/mol. The Morgan fingerprint density at radius 2 is 2.00 bits per heavy atom. The minimum atomic E-state index is -0.803. The Morgan fingerprint density at radius 3 is 2.78 bits per heavy atom. The molecule has 116 valence electrons. The van der Waals surface area contributed by atoms with E-state index in [9.17, 15) is 14.0 Å². The first kappa shape index (κ1) is 15.2. The minimum absolute atomic E-state index is 0.126. The third-order valence-electron chi connectivity index (χ3n) is 3.15. The van der Waals surface area contributed by atoms with Crippen molar-refractivity contribution in [3.05, 3.63) is 80.9 Å². The quantitative estimate of drug-likeness (QED) is 0.682. The first-order chi connectivity index (χ1) is 11.0. The predicted octanol–water partition coefficient (Wildman–Crippen LogP) is 3.94. The third-order valence-corrected chi connectivity index (χ3v) is 3.38. The van der Waals surface area contributed by atoms with E-state index in [0.29, 0.717) is 10.6 Å². The third kappa shape index (κ3) is 3.40. The molecule has 0 saturated heterocycles. The van der Waals surface area contributed by atoms with Crippen LogP contribution in [0.3, 0.4) is 0 Å². The van der Waals surface area contributed by atoms with Gasteiger partial charge in [-0.25, -0.2) is 9.18 Å². The second-order valence-corrected chi connectivity index (χ2v) is 5.26. The Morgan fingerprint density at radius 1 is 1.17 bits per heavy atom. The fourth-order valence-electron chi connectivity index (χ4n) is 2.08. The molecule has 3 aromatic rings. The van der Waals surface area contributed by atoms with Crippen molar-refractivity contribution in [2.75, 3.05) is 0 Å². The van der Waals surface area contributed by atoms with Gasteiger partial charge in [0.1, 0.15) is 18.0 Å². The van der Waals surface area contributed by atoms with Crippen molar-refractivity contribution in [1.82, 2.24) is 0 Å². The van der Waals surface area contributed by atoms with E-state index in [2.05, 4.69) is 0 Å². The summed E-state index contributed by atoms with van der Waals surface area (Å²) in [5.41, 5.74) is 0.333. The maximum Gasteiger partial charge on any atom is 0.374 e. The SMILES string of the molecule is O=C(OCc1cccc(F)c1)c1cc(=O)c2cc(Cl)ccc2o1. The maximum atomic E-state index is 13.1. The molecule has 0 aliphatic heterocycles. The van der Waals surface area contributed by atoms with Gasteiger partial charge < -0.3 is 9.15 Å². The van der Waals surface area contributed by atoms with Crippen LogP contribution in [0.2, 0.25) is 5.02 Å². The Labute approximate surface area is 135 Å². The summed E-state index contributed by atoms with van der Waals surface area (Å²) >= 11 is 5.82. The molecule has 0 atom stereocenters. The highest BCUT2D eigenvalue weighted by molar-refractivity contribution is 6.31. The standard InChI is InChI=1S/C17H10ClFO4/c18-11-4-5-15-13(7-11)14(20)8-16(23-15)17(21)22-9-10-2-1-3-12(19)6-10/h1-8H,9H2. The van der Waals surface area contributed by atoms with E-state index in [0.717, 1.165) is 6.07 Å². The molecule has 4 nitrogen and oxygen atoms in total. The molecule has 0 aliphatic carbocycles. The molecule has 1 heterocycles. The predicted molar refractivity (Wildman–Crippen MR) is 83.0 cm³/mol. The summed E-state index contributed by atoms with van der Waals surface area (Å²) in [6, 6.07) is 11.2. The number of halogens is 2. The Kier molecular flexibility index (Phi) is 4.12. The fraction of sp³-hybridized carbons (Fsp3) is 0.0588. The highest BCUT2D eigenvalue weighted by Crippen LogP contribution is 2.18. The van der Waals surface area contributed by atoms with Crippen molar-refractivity contribution in [1.29, 1.82) is 0 Å². The summed E-state index contributed by atoms with van der Waals surface area (Å²) in [7, 11) is 0. The van der Waals surface area contributed by atoms with Crippen LogP contribution in [0.1, 0.15) is 16.1 Å². The van der Waals surface area contributed by atoms with Crippen LogP contribution >= 0.6 is 11.6 Å². The van der Waals surface area contributed by atoms with Crippen LogP contribution in [0.15, 0.2) is 57.7 Å². The molecular formula is C17H10ClFO4. The lowest BCUT2D eigenvalue weighted by Crippen LogP contribution is -2.10. The maximum absolute atomic E-state index is 13.1. The molecular weight excluding hydrogens is 323 g/mol. The van der Waals surface area contributed by atoms with Crippen LogP contribution < -0.4 is 5.43 Å². The van der Waals surface area contributed by atoms with Crippen LogP contribution in [-0.2, 0) is 11.3 Å². The van der Waals surface area contributed by atoms with Crippen molar-refractivity contribution in [2.24, 2.45) is 0 Å². The lowest BCUT2D eigenvalue weighted by atomic mass is 10.2. The number of ether oxygens (including phenoxy) is 1. The molecule has 6 heteroatoms. The molecule has 0 fully saturated rings. The van der Waals surface area contributed by atoms with Gasteiger partial charge in [-0.2, -0.15) is 0 Å². The normalized spacial score (nSPS) is 10.7. The lowest BCUT2D eigenvalue weighted by Gasteiger charge is -2.05. The van der Waals surface area contributed by atoms with Gasteiger partial charge in [-0.3, -0.25) is 4.79 Å². The van der Waals surface area contributed by atoms with E-state index in [1.54, 1.807) is 12.1 Å². The molecule has 0 N–H and O–H groups in total. The van der Waals surface area contributed by atoms with Crippen LogP contribution in [0.5, 0.6) is 0 Å². The van der Waals surface area contributed by atoms with Gasteiger partial charge in [0.15, 0.2) is 5.43 Å². The van der Waals surface area contributed by atoms with E-state index >= 15 is 0 Å². The second kappa shape index (κ2) is 6.22. The van der Waals surface area contributed by atoms with Gasteiger partial charge in [0.05, 0.1) is 5.39 Å². The molecule has 0 spiro atoms. The van der Waals surface area contributed by atoms with Crippen LogP contribution in [0.25, 0.3) is 11.0 Å². The van der Waals surface area contributed by atoms with Crippen molar-refractivity contribution in [2.45, 2.75) is 6.61 Å². The summed E-state index contributed by atoms with van der Waals surface area (Å²) in [6.45, 7) is -0.126. The number of benzene rings is 2. The first-order valence-corrected chi connectivity index (χ1v) is 7.06. The summed E-state index contributed by atoms with van der Waals surface area (Å²) in [5.74, 6) is -1.45. The number of esters is 1. The van der Waals surface area contributed by atoms with Gasteiger partial charge >= 0.3 is 5.97 Å². The Hall–Kier alpha value is -2.66. The number of rotatable bonds is 3. The molecule has 0 unspecified atom stereocenters. The number of hydrogen-bond acceptors (Lipinski definition) is 4. The van der Waals surface area contributed by atoms with Gasteiger partial charge in [0.25, 0.3) is 0 Å². The topological polar surface area (TPSA) is 56.5 Å². The molecule has 23 heavy (non-hydrogen) atoms. The highest BCUT2D eigenvalue weighted by atomic mass is 35.5. The molecule has 2 aromatic carbocycles. The van der Waals surface area contributed by atoms with Gasteiger partial charge in [-0.1, -0.05) is 23.7 Å². The Bertz CT molecular complexity index is 949. The first-order valence-electron chi connectivity index (χ1n) is 6.68. The summed E-state index contributed by atoms with van der Waals surface area (Å²) in [4.78, 5) is 24.0. The fourth-order valence-corrected chi connectivity index (χ4v) is 2.25. The van der Waals surface area contributed by atoms with Gasteiger partial charge in [0.2, 0.25) is 5.76 Å². The molecule has 0 amide bonds. The second-order valence-electron chi connectivity index (χ2n) is 4.82. The van der Waals surface area contributed by atoms with E-state index < -0.39 is 17.2 Å². The van der Waals surface area contributed by atoms with Crippen molar-refractivity contribution >= 4 is 28.5 Å². The largest absolute Gasteiger partial charge is 0.455 e. The minimum Gasteiger partial charge on any atom is -0.455 e. The molecule has 0 aliphatic rings. The van der Waals surface area contributed by atoms with E-state index in [1.807, 2.05) is 0 Å². The lowest BCUT2D eigenvalue weighted by molar-refractivity contribution is 0.0436. The Balaban J connectivity index is 1.83. The number of hydrogen-bond donors (Lipinski definition) is 0. The number of fused-ring (bicyclic) bond motifs is 1. The molecule has 0 bridgehead atoms. The zero-order chi connectivity index (χ0) is 16.4. The van der Waals surface area contributed by atoms with E-state index in [-0.39, 0.29) is 23.3 Å². The summed E-state index contributed by atoms with van der Waals surface area (Å²) in [6.07, 6.45) is 0. The summed E-state index contributed by atoms with van der Waals surface area (Å²) < 4.78 is 23.5. The molecule has 3 rings (SSSR count). The van der Waals surface area contributed by atoms with Crippen molar-refractivity contribution in [3.8, 4) is 0 Å². The van der Waals surface area contributed by atoms with Crippen LogP contribution in [0, 0.1) is 5.82 Å². The number of carbonyl (C=O) groups is 1. The molecule has 0 radical (unpaired) electrons. The zero-order valence-corrected chi connectivity index (χ0v) is 12.5. The van der Waals surface area contributed by atoms with Crippen molar-refractivity contribution < 1.29 is 18.3 Å². The smallest absolute Gasteiger partial charge is 0.374 e.